The van der Waals surface area contributed by atoms with E-state index in [1.807, 2.05) is 6.92 Å². The monoisotopic (exact) mass is 596 g/mol. The van der Waals surface area contributed by atoms with E-state index >= 15 is 0 Å². The molecule has 2 N–H and O–H groups in total. The number of hydrogen-bond donors (Lipinski definition) is 2. The number of ketones is 1. The van der Waals surface area contributed by atoms with Gasteiger partial charge in [-0.15, -0.1) is 0 Å². The van der Waals surface area contributed by atoms with Gasteiger partial charge < -0.3 is 10.6 Å². The Hall–Kier alpha value is -3.35. The third-order valence-corrected chi connectivity index (χ3v) is 7.99. The number of fused-ring (bicyclic) bond motifs is 3. The van der Waals surface area contributed by atoms with E-state index in [-0.39, 0.29) is 30.7 Å². The third-order valence-electron chi connectivity index (χ3n) is 6.51. The fraction of sp³-hybridized carbons (Fsp3) is 0.100. The van der Waals surface area contributed by atoms with Crippen LogP contribution in [-0.2, 0) is 13.1 Å². The van der Waals surface area contributed by atoms with Crippen molar-refractivity contribution in [2.45, 2.75) is 20.0 Å². The van der Waals surface area contributed by atoms with E-state index in [1.54, 1.807) is 66.7 Å². The van der Waals surface area contributed by atoms with Gasteiger partial charge in [0.2, 0.25) is 0 Å². The van der Waals surface area contributed by atoms with Crippen LogP contribution >= 0.6 is 46.4 Å². The Kier molecular flexibility index (Phi) is 7.70. The van der Waals surface area contributed by atoms with Crippen molar-refractivity contribution in [2.24, 2.45) is 0 Å². The number of rotatable bonds is 6. The minimum absolute atomic E-state index is 0.235. The Labute approximate surface area is 245 Å². The van der Waals surface area contributed by atoms with Crippen LogP contribution in [0.5, 0.6) is 0 Å². The Morgan fingerprint density at radius 3 is 1.72 bits per heavy atom. The lowest BCUT2D eigenvalue weighted by atomic mass is 9.97. The van der Waals surface area contributed by atoms with Gasteiger partial charge in [0.15, 0.2) is 5.78 Å². The van der Waals surface area contributed by atoms with E-state index in [4.69, 9.17) is 46.4 Å². The molecule has 4 aromatic rings. The molecule has 0 heterocycles. The van der Waals surface area contributed by atoms with Crippen molar-refractivity contribution >= 4 is 64.0 Å². The zero-order valence-electron chi connectivity index (χ0n) is 20.5. The lowest BCUT2D eigenvalue weighted by Gasteiger charge is -2.10. The summed E-state index contributed by atoms with van der Waals surface area (Å²) in [7, 11) is 0. The van der Waals surface area contributed by atoms with Gasteiger partial charge >= 0.3 is 0 Å². The van der Waals surface area contributed by atoms with Gasteiger partial charge in [-0.1, -0.05) is 64.6 Å². The zero-order valence-corrected chi connectivity index (χ0v) is 23.5. The predicted molar refractivity (Wildman–Crippen MR) is 155 cm³/mol. The van der Waals surface area contributed by atoms with Crippen molar-refractivity contribution in [2.75, 3.05) is 0 Å². The maximum Gasteiger partial charge on any atom is 0.251 e. The van der Waals surface area contributed by atoms with E-state index in [1.165, 1.54) is 0 Å². The standard InChI is InChI=1S/C30H20Cl4N2O3/c1-15-8-19(30(39)36-14-17-3-7-24(32)26(34)10-17)12-22-27(15)20-5-4-18(11-21(20)28(22)37)29(38)35-13-16-2-6-23(31)25(33)9-16/h2-12H,13-14H2,1H3,(H,35,38)(H,36,39). The van der Waals surface area contributed by atoms with E-state index in [2.05, 4.69) is 10.6 Å². The van der Waals surface area contributed by atoms with Crippen LogP contribution in [0.25, 0.3) is 11.1 Å². The summed E-state index contributed by atoms with van der Waals surface area (Å²) in [5.74, 6) is -0.883. The highest BCUT2D eigenvalue weighted by Gasteiger charge is 2.30. The van der Waals surface area contributed by atoms with Gasteiger partial charge in [-0.25, -0.2) is 0 Å². The molecule has 0 spiro atoms. The van der Waals surface area contributed by atoms with Gasteiger partial charge in [0.05, 0.1) is 20.1 Å². The first-order chi connectivity index (χ1) is 18.6. The van der Waals surface area contributed by atoms with Gasteiger partial charge in [-0.05, 0) is 83.3 Å². The molecule has 1 aliphatic rings. The molecule has 196 valence electrons. The summed E-state index contributed by atoms with van der Waals surface area (Å²) in [5.41, 5.74) is 5.44. The van der Waals surface area contributed by atoms with Crippen molar-refractivity contribution in [1.29, 1.82) is 0 Å². The molecule has 0 atom stereocenters. The summed E-state index contributed by atoms with van der Waals surface area (Å²) in [5, 5.41) is 7.37. The molecule has 0 saturated heterocycles. The number of amides is 2. The second kappa shape index (κ2) is 11.0. The first-order valence-corrected chi connectivity index (χ1v) is 13.4. The Morgan fingerprint density at radius 2 is 1.15 bits per heavy atom. The molecule has 0 bridgehead atoms. The summed E-state index contributed by atoms with van der Waals surface area (Å²) >= 11 is 24.0. The molecular formula is C30H20Cl4N2O3. The molecular weight excluding hydrogens is 578 g/mol. The molecule has 2 amide bonds. The second-order valence-electron chi connectivity index (χ2n) is 9.17. The van der Waals surface area contributed by atoms with Crippen molar-refractivity contribution in [3.05, 3.63) is 126 Å². The highest BCUT2D eigenvalue weighted by atomic mass is 35.5. The molecule has 4 aromatic carbocycles. The quantitative estimate of drug-likeness (QED) is 0.211. The van der Waals surface area contributed by atoms with E-state index in [0.29, 0.717) is 42.3 Å². The molecule has 0 unspecified atom stereocenters. The van der Waals surface area contributed by atoms with E-state index in [0.717, 1.165) is 27.8 Å². The van der Waals surface area contributed by atoms with Crippen LogP contribution in [0, 0.1) is 6.92 Å². The largest absolute Gasteiger partial charge is 0.348 e. The summed E-state index contributed by atoms with van der Waals surface area (Å²) in [6, 6.07) is 18.7. The lowest BCUT2D eigenvalue weighted by Crippen LogP contribution is -2.23. The van der Waals surface area contributed by atoms with Crippen molar-refractivity contribution in [3.63, 3.8) is 0 Å². The number of nitrogens with one attached hydrogen (secondary N) is 2. The fourth-order valence-corrected chi connectivity index (χ4v) is 5.20. The molecule has 0 radical (unpaired) electrons. The lowest BCUT2D eigenvalue weighted by molar-refractivity contribution is 0.0943. The molecule has 0 aliphatic heterocycles. The molecule has 0 fully saturated rings. The van der Waals surface area contributed by atoms with Crippen LogP contribution in [0.2, 0.25) is 20.1 Å². The van der Waals surface area contributed by atoms with Gasteiger partial charge in [0, 0.05) is 35.3 Å². The molecule has 9 heteroatoms. The smallest absolute Gasteiger partial charge is 0.251 e. The summed E-state index contributed by atoms with van der Waals surface area (Å²) in [6.45, 7) is 2.36. The number of carbonyl (C=O) groups excluding carboxylic acids is 3. The van der Waals surface area contributed by atoms with Crippen LogP contribution < -0.4 is 10.6 Å². The van der Waals surface area contributed by atoms with Crippen LogP contribution in [0.1, 0.15) is 53.3 Å². The average molecular weight is 598 g/mol. The Morgan fingerprint density at radius 1 is 0.615 bits per heavy atom. The molecule has 39 heavy (non-hydrogen) atoms. The first-order valence-electron chi connectivity index (χ1n) is 11.9. The molecule has 5 rings (SSSR count). The summed E-state index contributed by atoms with van der Waals surface area (Å²) in [4.78, 5) is 39.1. The minimum atomic E-state index is -0.327. The number of aryl methyl sites for hydroxylation is 1. The van der Waals surface area contributed by atoms with Gasteiger partial charge in [-0.3, -0.25) is 14.4 Å². The topological polar surface area (TPSA) is 75.3 Å². The van der Waals surface area contributed by atoms with E-state index < -0.39 is 0 Å². The molecule has 5 nitrogen and oxygen atoms in total. The maximum absolute atomic E-state index is 13.4. The Bertz CT molecular complexity index is 1680. The second-order valence-corrected chi connectivity index (χ2v) is 10.8. The SMILES string of the molecule is Cc1cc(C(=O)NCc2ccc(Cl)c(Cl)c2)cc2c1-c1ccc(C(=O)NCc3ccc(Cl)c(Cl)c3)cc1C2=O. The zero-order chi connectivity index (χ0) is 27.8. The van der Waals surface area contributed by atoms with Crippen LogP contribution in [0.15, 0.2) is 66.7 Å². The highest BCUT2D eigenvalue weighted by molar-refractivity contribution is 6.42. The Balaban J connectivity index is 1.32. The highest BCUT2D eigenvalue weighted by Crippen LogP contribution is 2.40. The summed E-state index contributed by atoms with van der Waals surface area (Å²) in [6.07, 6.45) is 0. The van der Waals surface area contributed by atoms with Crippen LogP contribution in [0.4, 0.5) is 0 Å². The number of carbonyl (C=O) groups is 3. The number of halogens is 4. The van der Waals surface area contributed by atoms with Gasteiger partial charge in [0.25, 0.3) is 11.8 Å². The van der Waals surface area contributed by atoms with Crippen molar-refractivity contribution in [3.8, 4) is 11.1 Å². The van der Waals surface area contributed by atoms with Crippen LogP contribution in [0.3, 0.4) is 0 Å². The number of hydrogen-bond acceptors (Lipinski definition) is 3. The van der Waals surface area contributed by atoms with E-state index in [9.17, 15) is 14.4 Å². The predicted octanol–water partition coefficient (Wildman–Crippen LogP) is 7.68. The maximum atomic E-state index is 13.4. The minimum Gasteiger partial charge on any atom is -0.348 e. The van der Waals surface area contributed by atoms with Crippen LogP contribution in [-0.4, -0.2) is 17.6 Å². The van der Waals surface area contributed by atoms with Crippen molar-refractivity contribution < 1.29 is 14.4 Å². The third kappa shape index (κ3) is 5.54. The fourth-order valence-electron chi connectivity index (χ4n) is 4.56. The number of benzene rings is 4. The van der Waals surface area contributed by atoms with Gasteiger partial charge in [-0.2, -0.15) is 0 Å². The summed E-state index contributed by atoms with van der Waals surface area (Å²) < 4.78 is 0. The average Bonchev–Trinajstić information content (AvgIpc) is 3.21. The normalized spacial score (nSPS) is 11.7. The molecule has 1 aliphatic carbocycles. The molecule has 0 saturated carbocycles. The molecule has 0 aromatic heterocycles. The first kappa shape index (κ1) is 27.2. The van der Waals surface area contributed by atoms with Crippen molar-refractivity contribution in [1.82, 2.24) is 10.6 Å². The van der Waals surface area contributed by atoms with Gasteiger partial charge in [0.1, 0.15) is 0 Å².